The maximum atomic E-state index is 12.7. The molecule has 1 amide bonds. The van der Waals surface area contributed by atoms with E-state index in [0.717, 1.165) is 52.1 Å². The van der Waals surface area contributed by atoms with Crippen molar-refractivity contribution in [2.24, 2.45) is 0 Å². The number of benzene rings is 1. The quantitative estimate of drug-likeness (QED) is 0.829. The fraction of sp³-hybridized carbons (Fsp3) is 0.526. The highest BCUT2D eigenvalue weighted by Crippen LogP contribution is 2.35. The number of carbonyl (C=O) groups excluding carboxylic acids is 1. The average molecular weight is 339 g/mol. The molecule has 2 aliphatic rings. The minimum absolute atomic E-state index is 0.317. The van der Waals surface area contributed by atoms with Crippen LogP contribution in [0.15, 0.2) is 36.9 Å². The van der Waals surface area contributed by atoms with Crippen LogP contribution in [0.5, 0.6) is 0 Å². The zero-order chi connectivity index (χ0) is 17.1. The lowest BCUT2D eigenvalue weighted by molar-refractivity contribution is -0.133. The Morgan fingerprint density at radius 2 is 1.96 bits per heavy atom. The van der Waals surface area contributed by atoms with Crippen molar-refractivity contribution in [1.82, 2.24) is 24.6 Å². The van der Waals surface area contributed by atoms with E-state index in [1.807, 2.05) is 9.58 Å². The predicted molar refractivity (Wildman–Crippen MR) is 95.2 cm³/mol. The summed E-state index contributed by atoms with van der Waals surface area (Å²) < 4.78 is 1.86. The molecule has 1 atom stereocenters. The van der Waals surface area contributed by atoms with Crippen molar-refractivity contribution in [1.29, 1.82) is 0 Å². The third-order valence-electron chi connectivity index (χ3n) is 5.51. The molecule has 1 unspecified atom stereocenters. The second-order valence-corrected chi connectivity index (χ2v) is 7.02. The third kappa shape index (κ3) is 3.74. The molecular formula is C19H25N5O. The zero-order valence-electron chi connectivity index (χ0n) is 14.5. The number of carbonyl (C=O) groups is 1. The lowest BCUT2D eigenvalue weighted by Gasteiger charge is -2.35. The van der Waals surface area contributed by atoms with Crippen molar-refractivity contribution in [3.8, 4) is 0 Å². The standard InChI is InChI=1S/C19H25N5O/c25-19(13-17-6-5-16-3-1-2-4-18(16)17)23-10-7-22(8-11-23)9-12-24-15-20-14-21-24/h1-4,14-15,17H,5-13H2. The Balaban J connectivity index is 1.24. The first kappa shape index (κ1) is 16.3. The number of amides is 1. The molecule has 132 valence electrons. The molecule has 0 radical (unpaired) electrons. The minimum atomic E-state index is 0.317. The van der Waals surface area contributed by atoms with Gasteiger partial charge in [0.25, 0.3) is 0 Å². The van der Waals surface area contributed by atoms with Crippen LogP contribution < -0.4 is 0 Å². The fourth-order valence-corrected chi connectivity index (χ4v) is 4.01. The molecule has 2 heterocycles. The molecule has 0 N–H and O–H groups in total. The highest BCUT2D eigenvalue weighted by Gasteiger charge is 2.27. The molecule has 6 heteroatoms. The molecule has 1 saturated heterocycles. The summed E-state index contributed by atoms with van der Waals surface area (Å²) >= 11 is 0. The summed E-state index contributed by atoms with van der Waals surface area (Å²) in [6.07, 6.45) is 6.21. The van der Waals surface area contributed by atoms with Gasteiger partial charge in [-0.3, -0.25) is 14.4 Å². The van der Waals surface area contributed by atoms with Crippen molar-refractivity contribution in [3.63, 3.8) is 0 Å². The largest absolute Gasteiger partial charge is 0.340 e. The first-order chi connectivity index (χ1) is 12.3. The number of hydrogen-bond acceptors (Lipinski definition) is 4. The van der Waals surface area contributed by atoms with Gasteiger partial charge in [0, 0.05) is 39.1 Å². The summed E-state index contributed by atoms with van der Waals surface area (Å²) in [5.74, 6) is 0.728. The molecule has 1 aliphatic carbocycles. The number of fused-ring (bicyclic) bond motifs is 1. The second kappa shape index (κ2) is 7.35. The number of nitrogens with zero attached hydrogens (tertiary/aromatic N) is 5. The van der Waals surface area contributed by atoms with Crippen LogP contribution >= 0.6 is 0 Å². The number of hydrogen-bond donors (Lipinski definition) is 0. The number of piperazine rings is 1. The van der Waals surface area contributed by atoms with Gasteiger partial charge < -0.3 is 4.90 Å². The zero-order valence-corrected chi connectivity index (χ0v) is 14.5. The Labute approximate surface area is 148 Å². The van der Waals surface area contributed by atoms with Gasteiger partial charge in [-0.15, -0.1) is 0 Å². The third-order valence-corrected chi connectivity index (χ3v) is 5.51. The maximum Gasteiger partial charge on any atom is 0.223 e. The van der Waals surface area contributed by atoms with Gasteiger partial charge in [-0.25, -0.2) is 4.98 Å². The first-order valence-electron chi connectivity index (χ1n) is 9.20. The van der Waals surface area contributed by atoms with E-state index in [0.29, 0.717) is 18.2 Å². The van der Waals surface area contributed by atoms with Gasteiger partial charge in [-0.2, -0.15) is 5.10 Å². The monoisotopic (exact) mass is 339 g/mol. The van der Waals surface area contributed by atoms with Gasteiger partial charge >= 0.3 is 0 Å². The summed E-state index contributed by atoms with van der Waals surface area (Å²) in [7, 11) is 0. The summed E-state index contributed by atoms with van der Waals surface area (Å²) in [4.78, 5) is 21.1. The predicted octanol–water partition coefficient (Wildman–Crippen LogP) is 1.54. The SMILES string of the molecule is O=C(CC1CCc2ccccc21)N1CCN(CCn2cncn2)CC1. The summed E-state index contributed by atoms with van der Waals surface area (Å²) in [6.45, 7) is 5.38. The number of aromatic nitrogens is 3. The van der Waals surface area contributed by atoms with E-state index in [1.165, 1.54) is 11.1 Å². The van der Waals surface area contributed by atoms with Gasteiger partial charge in [0.1, 0.15) is 12.7 Å². The Bertz CT molecular complexity index is 706. The Hall–Kier alpha value is -2.21. The highest BCUT2D eigenvalue weighted by molar-refractivity contribution is 5.77. The molecule has 0 bridgehead atoms. The highest BCUT2D eigenvalue weighted by atomic mass is 16.2. The number of rotatable bonds is 5. The molecule has 0 spiro atoms. The topological polar surface area (TPSA) is 54.3 Å². The molecule has 25 heavy (non-hydrogen) atoms. The van der Waals surface area contributed by atoms with Gasteiger partial charge in [-0.05, 0) is 29.9 Å². The lowest BCUT2D eigenvalue weighted by Crippen LogP contribution is -2.49. The molecule has 2 aromatic rings. The van der Waals surface area contributed by atoms with Crippen molar-refractivity contribution in [3.05, 3.63) is 48.0 Å². The van der Waals surface area contributed by atoms with Gasteiger partial charge in [0.2, 0.25) is 5.91 Å². The van der Waals surface area contributed by atoms with Crippen molar-refractivity contribution >= 4 is 5.91 Å². The van der Waals surface area contributed by atoms with Crippen LogP contribution in [0.1, 0.15) is 29.9 Å². The van der Waals surface area contributed by atoms with E-state index < -0.39 is 0 Å². The van der Waals surface area contributed by atoms with Crippen molar-refractivity contribution in [2.45, 2.75) is 31.7 Å². The van der Waals surface area contributed by atoms with E-state index in [9.17, 15) is 4.79 Å². The minimum Gasteiger partial charge on any atom is -0.340 e. The Morgan fingerprint density at radius 3 is 2.76 bits per heavy atom. The molecule has 1 aliphatic heterocycles. The van der Waals surface area contributed by atoms with Gasteiger partial charge in [0.15, 0.2) is 0 Å². The summed E-state index contributed by atoms with van der Waals surface area (Å²) in [5.41, 5.74) is 2.82. The van der Waals surface area contributed by atoms with Crippen LogP contribution in [0.3, 0.4) is 0 Å². The van der Waals surface area contributed by atoms with Crippen LogP contribution in [0.4, 0.5) is 0 Å². The average Bonchev–Trinajstić information content (AvgIpc) is 3.31. The van der Waals surface area contributed by atoms with Crippen LogP contribution in [-0.4, -0.2) is 63.2 Å². The van der Waals surface area contributed by atoms with E-state index in [1.54, 1.807) is 12.7 Å². The first-order valence-corrected chi connectivity index (χ1v) is 9.20. The van der Waals surface area contributed by atoms with E-state index in [2.05, 4.69) is 39.2 Å². The lowest BCUT2D eigenvalue weighted by atomic mass is 9.97. The molecule has 1 fully saturated rings. The van der Waals surface area contributed by atoms with E-state index in [4.69, 9.17) is 0 Å². The van der Waals surface area contributed by atoms with Crippen LogP contribution in [-0.2, 0) is 17.8 Å². The normalized spacial score (nSPS) is 20.6. The van der Waals surface area contributed by atoms with Crippen molar-refractivity contribution < 1.29 is 4.79 Å². The molecule has 4 rings (SSSR count). The van der Waals surface area contributed by atoms with Gasteiger partial charge in [0.05, 0.1) is 6.54 Å². The van der Waals surface area contributed by atoms with Crippen LogP contribution in [0.25, 0.3) is 0 Å². The van der Waals surface area contributed by atoms with Crippen LogP contribution in [0, 0.1) is 0 Å². The maximum absolute atomic E-state index is 12.7. The van der Waals surface area contributed by atoms with Gasteiger partial charge in [-0.1, -0.05) is 24.3 Å². The Morgan fingerprint density at radius 1 is 1.12 bits per heavy atom. The number of aryl methyl sites for hydroxylation is 1. The Kier molecular flexibility index (Phi) is 4.78. The second-order valence-electron chi connectivity index (χ2n) is 7.02. The van der Waals surface area contributed by atoms with Crippen LogP contribution in [0.2, 0.25) is 0 Å². The molecule has 6 nitrogen and oxygen atoms in total. The van der Waals surface area contributed by atoms with E-state index >= 15 is 0 Å². The van der Waals surface area contributed by atoms with E-state index in [-0.39, 0.29) is 0 Å². The molecule has 1 aromatic heterocycles. The summed E-state index contributed by atoms with van der Waals surface area (Å²) in [6, 6.07) is 8.59. The molecule has 1 aromatic carbocycles. The summed E-state index contributed by atoms with van der Waals surface area (Å²) in [5, 5.41) is 4.13. The molecular weight excluding hydrogens is 314 g/mol. The molecule has 0 saturated carbocycles. The van der Waals surface area contributed by atoms with Crippen molar-refractivity contribution in [2.75, 3.05) is 32.7 Å². The fourth-order valence-electron chi connectivity index (χ4n) is 4.01. The smallest absolute Gasteiger partial charge is 0.223 e.